The van der Waals surface area contributed by atoms with Crippen molar-refractivity contribution in [1.29, 1.82) is 0 Å². The standard InChI is InChI=1S/C18H26O3/c1-3-14-11-13(7-8-16(19)20)12-15(17(14)21)18(2)9-5-4-6-10-18/h11-12,21H,3-10H2,1-2H3,(H,19,20). The van der Waals surface area contributed by atoms with Crippen molar-refractivity contribution >= 4 is 5.97 Å². The molecule has 0 unspecified atom stereocenters. The third kappa shape index (κ3) is 3.58. The summed E-state index contributed by atoms with van der Waals surface area (Å²) in [6.45, 7) is 4.27. The van der Waals surface area contributed by atoms with Gasteiger partial charge in [-0.25, -0.2) is 0 Å². The van der Waals surface area contributed by atoms with Crippen molar-refractivity contribution in [1.82, 2.24) is 0 Å². The zero-order valence-corrected chi connectivity index (χ0v) is 13.1. The molecule has 0 bridgehead atoms. The van der Waals surface area contributed by atoms with Crippen molar-refractivity contribution in [3.05, 3.63) is 28.8 Å². The number of carboxylic acid groups (broad SMARTS) is 1. The Kier molecular flexibility index (Phi) is 4.92. The number of carbonyl (C=O) groups is 1. The van der Waals surface area contributed by atoms with E-state index in [0.29, 0.717) is 12.2 Å². The van der Waals surface area contributed by atoms with E-state index in [1.54, 1.807) is 0 Å². The highest BCUT2D eigenvalue weighted by Crippen LogP contribution is 2.44. The Morgan fingerprint density at radius 1 is 1.24 bits per heavy atom. The van der Waals surface area contributed by atoms with E-state index in [4.69, 9.17) is 5.11 Å². The van der Waals surface area contributed by atoms with Crippen LogP contribution in [0.2, 0.25) is 0 Å². The molecule has 0 spiro atoms. The molecule has 1 fully saturated rings. The first-order valence-corrected chi connectivity index (χ1v) is 8.03. The van der Waals surface area contributed by atoms with Crippen molar-refractivity contribution in [3.8, 4) is 5.75 Å². The van der Waals surface area contributed by atoms with Gasteiger partial charge in [0.15, 0.2) is 0 Å². The molecule has 0 saturated heterocycles. The van der Waals surface area contributed by atoms with Gasteiger partial charge in [0.1, 0.15) is 5.75 Å². The number of phenolic OH excluding ortho intramolecular Hbond substituents is 1. The maximum Gasteiger partial charge on any atom is 0.303 e. The van der Waals surface area contributed by atoms with E-state index in [1.165, 1.54) is 19.3 Å². The van der Waals surface area contributed by atoms with Crippen molar-refractivity contribution in [2.45, 2.75) is 70.6 Å². The quantitative estimate of drug-likeness (QED) is 0.854. The second-order valence-corrected chi connectivity index (χ2v) is 6.52. The average Bonchev–Trinajstić information content (AvgIpc) is 2.46. The summed E-state index contributed by atoms with van der Waals surface area (Å²) >= 11 is 0. The lowest BCUT2D eigenvalue weighted by molar-refractivity contribution is -0.136. The van der Waals surface area contributed by atoms with Crippen LogP contribution in [0, 0.1) is 0 Å². The van der Waals surface area contributed by atoms with E-state index in [0.717, 1.165) is 36.0 Å². The van der Waals surface area contributed by atoms with E-state index in [-0.39, 0.29) is 11.8 Å². The highest BCUT2D eigenvalue weighted by Gasteiger charge is 2.32. The van der Waals surface area contributed by atoms with Gasteiger partial charge in [0.25, 0.3) is 0 Å². The first-order valence-electron chi connectivity index (χ1n) is 8.03. The Morgan fingerprint density at radius 2 is 1.90 bits per heavy atom. The fourth-order valence-corrected chi connectivity index (χ4v) is 3.49. The van der Waals surface area contributed by atoms with Crippen LogP contribution in [-0.4, -0.2) is 16.2 Å². The van der Waals surface area contributed by atoms with Crippen molar-refractivity contribution in [3.63, 3.8) is 0 Å². The molecule has 0 aliphatic heterocycles. The highest BCUT2D eigenvalue weighted by molar-refractivity contribution is 5.67. The topological polar surface area (TPSA) is 57.5 Å². The van der Waals surface area contributed by atoms with E-state index >= 15 is 0 Å². The van der Waals surface area contributed by atoms with Gasteiger partial charge in [0.2, 0.25) is 0 Å². The number of hydrogen-bond donors (Lipinski definition) is 2. The molecule has 0 atom stereocenters. The molecule has 21 heavy (non-hydrogen) atoms. The van der Waals surface area contributed by atoms with Crippen LogP contribution in [0.3, 0.4) is 0 Å². The van der Waals surface area contributed by atoms with E-state index < -0.39 is 5.97 Å². The second-order valence-electron chi connectivity index (χ2n) is 6.52. The monoisotopic (exact) mass is 290 g/mol. The molecule has 2 rings (SSSR count). The fourth-order valence-electron chi connectivity index (χ4n) is 3.49. The molecule has 0 aromatic heterocycles. The van der Waals surface area contributed by atoms with Crippen molar-refractivity contribution in [2.75, 3.05) is 0 Å². The summed E-state index contributed by atoms with van der Waals surface area (Å²) in [5.41, 5.74) is 3.04. The van der Waals surface area contributed by atoms with E-state index in [2.05, 4.69) is 6.92 Å². The van der Waals surface area contributed by atoms with Crippen molar-refractivity contribution < 1.29 is 15.0 Å². The molecule has 1 saturated carbocycles. The van der Waals surface area contributed by atoms with Crippen LogP contribution in [0.15, 0.2) is 12.1 Å². The SMILES string of the molecule is CCc1cc(CCC(=O)O)cc(C2(C)CCCCC2)c1O. The van der Waals surface area contributed by atoms with Crippen LogP contribution >= 0.6 is 0 Å². The lowest BCUT2D eigenvalue weighted by atomic mass is 9.70. The number of benzene rings is 1. The molecule has 3 heteroatoms. The van der Waals surface area contributed by atoms with Gasteiger partial charge in [-0.05, 0) is 42.2 Å². The summed E-state index contributed by atoms with van der Waals surface area (Å²) in [4.78, 5) is 10.8. The van der Waals surface area contributed by atoms with Gasteiger partial charge in [-0.2, -0.15) is 0 Å². The van der Waals surface area contributed by atoms with Crippen LogP contribution in [-0.2, 0) is 23.1 Å². The Hall–Kier alpha value is -1.51. The lowest BCUT2D eigenvalue weighted by Crippen LogP contribution is -2.25. The molecular weight excluding hydrogens is 264 g/mol. The summed E-state index contributed by atoms with van der Waals surface area (Å²) < 4.78 is 0. The first-order chi connectivity index (χ1) is 9.96. The zero-order chi connectivity index (χ0) is 15.5. The Morgan fingerprint density at radius 3 is 2.48 bits per heavy atom. The Labute approximate surface area is 127 Å². The molecule has 0 amide bonds. The van der Waals surface area contributed by atoms with Crippen LogP contribution in [0.4, 0.5) is 0 Å². The van der Waals surface area contributed by atoms with Gasteiger partial charge in [-0.1, -0.05) is 45.2 Å². The Balaban J connectivity index is 2.38. The highest BCUT2D eigenvalue weighted by atomic mass is 16.4. The number of rotatable bonds is 5. The third-order valence-electron chi connectivity index (χ3n) is 4.86. The van der Waals surface area contributed by atoms with Crippen LogP contribution in [0.25, 0.3) is 0 Å². The molecule has 1 aliphatic rings. The summed E-state index contributed by atoms with van der Waals surface area (Å²) in [5, 5.41) is 19.5. The minimum atomic E-state index is -0.772. The number of aryl methyl sites for hydroxylation is 2. The molecule has 0 radical (unpaired) electrons. The van der Waals surface area contributed by atoms with Gasteiger partial charge >= 0.3 is 5.97 Å². The van der Waals surface area contributed by atoms with E-state index in [9.17, 15) is 9.90 Å². The number of carboxylic acids is 1. The summed E-state index contributed by atoms with van der Waals surface area (Å²) in [6.07, 6.45) is 7.34. The maximum absolute atomic E-state index is 10.8. The number of phenols is 1. The Bertz CT molecular complexity index is 513. The zero-order valence-electron chi connectivity index (χ0n) is 13.1. The van der Waals surface area contributed by atoms with E-state index in [1.807, 2.05) is 19.1 Å². The minimum absolute atomic E-state index is 0.0332. The fraction of sp³-hybridized carbons (Fsp3) is 0.611. The predicted octanol–water partition coefficient (Wildman–Crippen LogP) is 4.19. The maximum atomic E-state index is 10.8. The van der Waals surface area contributed by atoms with Gasteiger partial charge in [0.05, 0.1) is 0 Å². The van der Waals surface area contributed by atoms with Crippen LogP contribution in [0.1, 0.15) is 69.1 Å². The normalized spacial score (nSPS) is 17.6. The number of aromatic hydroxyl groups is 1. The van der Waals surface area contributed by atoms with Crippen LogP contribution in [0.5, 0.6) is 5.75 Å². The summed E-state index contributed by atoms with van der Waals surface area (Å²) in [7, 11) is 0. The molecule has 1 aromatic rings. The molecule has 116 valence electrons. The van der Waals surface area contributed by atoms with Gasteiger partial charge in [0, 0.05) is 12.0 Å². The third-order valence-corrected chi connectivity index (χ3v) is 4.86. The number of aliphatic carboxylic acids is 1. The van der Waals surface area contributed by atoms with Crippen molar-refractivity contribution in [2.24, 2.45) is 0 Å². The first kappa shape index (κ1) is 15.9. The van der Waals surface area contributed by atoms with Gasteiger partial charge in [-0.15, -0.1) is 0 Å². The van der Waals surface area contributed by atoms with Gasteiger partial charge in [-0.3, -0.25) is 4.79 Å². The minimum Gasteiger partial charge on any atom is -0.507 e. The summed E-state index contributed by atoms with van der Waals surface area (Å²) in [5.74, 6) is -0.340. The van der Waals surface area contributed by atoms with Gasteiger partial charge < -0.3 is 10.2 Å². The number of hydrogen-bond acceptors (Lipinski definition) is 2. The molecule has 1 aromatic carbocycles. The lowest BCUT2D eigenvalue weighted by Gasteiger charge is -2.35. The average molecular weight is 290 g/mol. The molecular formula is C18H26O3. The summed E-state index contributed by atoms with van der Waals surface area (Å²) in [6, 6.07) is 4.01. The molecule has 2 N–H and O–H groups in total. The second kappa shape index (κ2) is 6.50. The molecule has 0 heterocycles. The predicted molar refractivity (Wildman–Crippen MR) is 83.9 cm³/mol. The molecule has 1 aliphatic carbocycles. The molecule has 3 nitrogen and oxygen atoms in total. The van der Waals surface area contributed by atoms with Crippen LogP contribution < -0.4 is 0 Å². The largest absolute Gasteiger partial charge is 0.507 e. The smallest absolute Gasteiger partial charge is 0.303 e.